The van der Waals surface area contributed by atoms with E-state index in [2.05, 4.69) is 25.2 Å². The predicted octanol–water partition coefficient (Wildman–Crippen LogP) is 0.580. The number of nitrogens with zero attached hydrogens (tertiary/aromatic N) is 4. The summed E-state index contributed by atoms with van der Waals surface area (Å²) in [5.41, 5.74) is 6.47. The molecule has 3 N–H and O–H groups in total. The van der Waals surface area contributed by atoms with E-state index >= 15 is 0 Å². The van der Waals surface area contributed by atoms with E-state index in [1.807, 2.05) is 6.92 Å². The van der Waals surface area contributed by atoms with Gasteiger partial charge in [0.1, 0.15) is 5.69 Å². The number of rotatable bonds is 4. The summed E-state index contributed by atoms with van der Waals surface area (Å²) in [6.07, 6.45) is 2.13. The number of aryl methyl sites for hydroxylation is 1. The van der Waals surface area contributed by atoms with Crippen molar-refractivity contribution in [1.29, 1.82) is 0 Å². The summed E-state index contributed by atoms with van der Waals surface area (Å²) in [5, 5.41) is 10.7. The molecule has 1 atom stereocenters. The molecule has 0 aliphatic carbocycles. The number of carbonyl (C=O) groups excluding carboxylic acids is 1. The molecule has 1 saturated heterocycles. The van der Waals surface area contributed by atoms with E-state index in [-0.39, 0.29) is 5.69 Å². The van der Waals surface area contributed by atoms with Gasteiger partial charge in [-0.1, -0.05) is 5.16 Å². The predicted molar refractivity (Wildman–Crippen MR) is 73.4 cm³/mol. The number of likely N-dealkylation sites (tertiary alicyclic amines) is 1. The SMILES string of the molecule is Cc1noc(CN2CCC[C@H](c3cc(C(N)=O)n[nH]3)C2)n1. The van der Waals surface area contributed by atoms with Crippen molar-refractivity contribution in [2.75, 3.05) is 13.1 Å². The zero-order valence-corrected chi connectivity index (χ0v) is 11.9. The van der Waals surface area contributed by atoms with Crippen LogP contribution in [0.3, 0.4) is 0 Å². The highest BCUT2D eigenvalue weighted by Gasteiger charge is 2.24. The van der Waals surface area contributed by atoms with E-state index in [4.69, 9.17) is 10.3 Å². The first-order valence-electron chi connectivity index (χ1n) is 6.98. The van der Waals surface area contributed by atoms with Gasteiger partial charge in [0.25, 0.3) is 5.91 Å². The van der Waals surface area contributed by atoms with Crippen LogP contribution in [0.4, 0.5) is 0 Å². The van der Waals surface area contributed by atoms with Gasteiger partial charge in [0.15, 0.2) is 5.82 Å². The van der Waals surface area contributed by atoms with Crippen molar-refractivity contribution in [3.05, 3.63) is 29.2 Å². The van der Waals surface area contributed by atoms with Gasteiger partial charge in [-0.25, -0.2) is 0 Å². The maximum atomic E-state index is 11.1. The van der Waals surface area contributed by atoms with Gasteiger partial charge in [-0.15, -0.1) is 0 Å². The van der Waals surface area contributed by atoms with Crippen molar-refractivity contribution < 1.29 is 9.32 Å². The molecule has 0 radical (unpaired) electrons. The average molecular weight is 290 g/mol. The van der Waals surface area contributed by atoms with Crippen LogP contribution in [0.15, 0.2) is 10.6 Å². The summed E-state index contributed by atoms with van der Waals surface area (Å²) < 4.78 is 5.16. The maximum absolute atomic E-state index is 11.1. The van der Waals surface area contributed by atoms with Crippen LogP contribution in [-0.4, -0.2) is 44.2 Å². The number of nitrogens with two attached hydrogens (primary N) is 1. The molecule has 3 rings (SSSR count). The number of nitrogens with one attached hydrogen (secondary N) is 1. The van der Waals surface area contributed by atoms with E-state index in [0.29, 0.717) is 24.2 Å². The van der Waals surface area contributed by atoms with Crippen LogP contribution < -0.4 is 5.73 Å². The fourth-order valence-corrected chi connectivity index (χ4v) is 2.72. The summed E-state index contributed by atoms with van der Waals surface area (Å²) in [6, 6.07) is 1.74. The topological polar surface area (TPSA) is 114 Å². The zero-order valence-electron chi connectivity index (χ0n) is 11.9. The van der Waals surface area contributed by atoms with Gasteiger partial charge >= 0.3 is 0 Å². The highest BCUT2D eigenvalue weighted by atomic mass is 16.5. The van der Waals surface area contributed by atoms with Crippen LogP contribution in [0.5, 0.6) is 0 Å². The second-order valence-corrected chi connectivity index (χ2v) is 5.38. The van der Waals surface area contributed by atoms with Gasteiger partial charge in [0, 0.05) is 18.2 Å². The fourth-order valence-electron chi connectivity index (χ4n) is 2.72. The van der Waals surface area contributed by atoms with Crippen LogP contribution in [-0.2, 0) is 6.54 Å². The van der Waals surface area contributed by atoms with Crippen LogP contribution in [0.2, 0.25) is 0 Å². The smallest absolute Gasteiger partial charge is 0.269 e. The third-order valence-electron chi connectivity index (χ3n) is 3.72. The number of primary amides is 1. The molecule has 1 fully saturated rings. The molecular formula is C13H18N6O2. The summed E-state index contributed by atoms with van der Waals surface area (Å²) in [7, 11) is 0. The Balaban J connectivity index is 1.66. The lowest BCUT2D eigenvalue weighted by Gasteiger charge is -2.30. The Labute approximate surface area is 121 Å². The first kappa shape index (κ1) is 13.7. The van der Waals surface area contributed by atoms with Gasteiger partial charge in [0.2, 0.25) is 5.89 Å². The summed E-state index contributed by atoms with van der Waals surface area (Å²) in [6.45, 7) is 4.31. The van der Waals surface area contributed by atoms with Crippen molar-refractivity contribution in [2.24, 2.45) is 5.73 Å². The van der Waals surface area contributed by atoms with E-state index in [0.717, 1.165) is 31.6 Å². The summed E-state index contributed by atoms with van der Waals surface area (Å²) in [4.78, 5) is 17.6. The van der Waals surface area contributed by atoms with Crippen molar-refractivity contribution >= 4 is 5.91 Å². The molecule has 0 unspecified atom stereocenters. The van der Waals surface area contributed by atoms with Crippen LogP contribution in [0.1, 0.15) is 46.7 Å². The number of aromatic nitrogens is 4. The van der Waals surface area contributed by atoms with E-state index in [9.17, 15) is 4.79 Å². The van der Waals surface area contributed by atoms with E-state index < -0.39 is 5.91 Å². The van der Waals surface area contributed by atoms with Crippen molar-refractivity contribution in [2.45, 2.75) is 32.2 Å². The Kier molecular flexibility index (Phi) is 3.70. The lowest BCUT2D eigenvalue weighted by molar-refractivity contribution is 0.0995. The number of aromatic amines is 1. The van der Waals surface area contributed by atoms with Gasteiger partial charge in [0.05, 0.1) is 6.54 Å². The Morgan fingerprint density at radius 3 is 3.14 bits per heavy atom. The normalized spacial score (nSPS) is 19.8. The van der Waals surface area contributed by atoms with Gasteiger partial charge in [-0.2, -0.15) is 10.1 Å². The van der Waals surface area contributed by atoms with Gasteiger partial charge in [-0.05, 0) is 32.4 Å². The van der Waals surface area contributed by atoms with Crippen molar-refractivity contribution in [1.82, 2.24) is 25.2 Å². The first-order chi connectivity index (χ1) is 10.1. The first-order valence-corrected chi connectivity index (χ1v) is 6.98. The molecule has 8 heteroatoms. The van der Waals surface area contributed by atoms with Gasteiger partial charge < -0.3 is 10.3 Å². The highest BCUT2D eigenvalue weighted by Crippen LogP contribution is 2.26. The summed E-state index contributed by atoms with van der Waals surface area (Å²) >= 11 is 0. The number of piperidine rings is 1. The Bertz CT molecular complexity index is 634. The minimum absolute atomic E-state index is 0.287. The molecule has 8 nitrogen and oxygen atoms in total. The Morgan fingerprint density at radius 2 is 2.48 bits per heavy atom. The Morgan fingerprint density at radius 1 is 1.62 bits per heavy atom. The lowest BCUT2D eigenvalue weighted by atomic mass is 9.94. The zero-order chi connectivity index (χ0) is 14.8. The molecule has 21 heavy (non-hydrogen) atoms. The van der Waals surface area contributed by atoms with Gasteiger partial charge in [-0.3, -0.25) is 14.8 Å². The largest absolute Gasteiger partial charge is 0.364 e. The number of H-pyrrole nitrogens is 1. The summed E-state index contributed by atoms with van der Waals surface area (Å²) in [5.74, 6) is 1.09. The molecule has 1 amide bonds. The molecular weight excluding hydrogens is 272 g/mol. The second kappa shape index (κ2) is 5.65. The molecule has 2 aromatic heterocycles. The maximum Gasteiger partial charge on any atom is 0.269 e. The van der Waals surface area contributed by atoms with Crippen molar-refractivity contribution in [3.63, 3.8) is 0 Å². The number of carbonyl (C=O) groups is 1. The fraction of sp³-hybridized carbons (Fsp3) is 0.538. The van der Waals surface area contributed by atoms with Crippen LogP contribution in [0, 0.1) is 6.92 Å². The standard InChI is InChI=1S/C13H18N6O2/c1-8-15-12(21-18-8)7-19-4-2-3-9(6-19)10-5-11(13(14)20)17-16-10/h5,9H,2-4,6-7H2,1H3,(H2,14,20)(H,16,17)/t9-/m0/s1. The molecule has 1 aliphatic heterocycles. The molecule has 3 heterocycles. The third-order valence-corrected chi connectivity index (χ3v) is 3.72. The molecule has 0 spiro atoms. The third kappa shape index (κ3) is 3.10. The molecule has 2 aromatic rings. The van der Waals surface area contributed by atoms with E-state index in [1.54, 1.807) is 6.07 Å². The quantitative estimate of drug-likeness (QED) is 0.851. The Hall–Kier alpha value is -2.22. The minimum Gasteiger partial charge on any atom is -0.364 e. The highest BCUT2D eigenvalue weighted by molar-refractivity contribution is 5.90. The number of hydrogen-bond acceptors (Lipinski definition) is 6. The molecule has 112 valence electrons. The molecule has 0 aromatic carbocycles. The average Bonchev–Trinajstić information content (AvgIpc) is 3.08. The minimum atomic E-state index is -0.508. The second-order valence-electron chi connectivity index (χ2n) is 5.38. The monoisotopic (exact) mass is 290 g/mol. The lowest BCUT2D eigenvalue weighted by Crippen LogP contribution is -2.34. The van der Waals surface area contributed by atoms with Crippen molar-refractivity contribution in [3.8, 4) is 0 Å². The van der Waals surface area contributed by atoms with E-state index in [1.165, 1.54) is 0 Å². The molecule has 0 bridgehead atoms. The van der Waals surface area contributed by atoms with Crippen LogP contribution in [0.25, 0.3) is 0 Å². The number of amides is 1. The number of hydrogen-bond donors (Lipinski definition) is 2. The molecule has 1 aliphatic rings. The van der Waals surface area contributed by atoms with Crippen LogP contribution >= 0.6 is 0 Å². The molecule has 0 saturated carbocycles.